The molecule has 0 unspecified atom stereocenters. The van der Waals surface area contributed by atoms with E-state index in [1.807, 2.05) is 60.0 Å². The van der Waals surface area contributed by atoms with Gasteiger partial charge in [0.2, 0.25) is 5.91 Å². The summed E-state index contributed by atoms with van der Waals surface area (Å²) < 4.78 is 1.82. The second kappa shape index (κ2) is 9.02. The van der Waals surface area contributed by atoms with Crippen LogP contribution in [0.2, 0.25) is 5.02 Å². The summed E-state index contributed by atoms with van der Waals surface area (Å²) in [6.45, 7) is 2.27. The Hall–Kier alpha value is -3.64. The molecule has 0 aliphatic rings. The van der Waals surface area contributed by atoms with Crippen molar-refractivity contribution in [2.24, 2.45) is 0 Å². The lowest BCUT2D eigenvalue weighted by Crippen LogP contribution is -2.26. The first-order valence-corrected chi connectivity index (χ1v) is 10.2. The zero-order valence-electron chi connectivity index (χ0n) is 16.9. The molecule has 7 heteroatoms. The molecule has 4 aromatic rings. The van der Waals surface area contributed by atoms with Gasteiger partial charge in [0.05, 0.1) is 17.6 Å². The number of aromatic nitrogens is 2. The van der Waals surface area contributed by atoms with Gasteiger partial charge in [0.25, 0.3) is 5.91 Å². The molecule has 6 nitrogen and oxygen atoms in total. The molecule has 0 aliphatic heterocycles. The van der Waals surface area contributed by atoms with Gasteiger partial charge in [-0.1, -0.05) is 41.4 Å². The van der Waals surface area contributed by atoms with E-state index in [-0.39, 0.29) is 24.9 Å². The van der Waals surface area contributed by atoms with Crippen molar-refractivity contribution in [1.82, 2.24) is 14.9 Å². The Bertz CT molecular complexity index is 1230. The maximum absolute atomic E-state index is 12.7. The summed E-state index contributed by atoms with van der Waals surface area (Å²) in [7, 11) is 0. The van der Waals surface area contributed by atoms with Crippen LogP contribution < -0.4 is 10.6 Å². The molecule has 0 aliphatic carbocycles. The third-order valence-electron chi connectivity index (χ3n) is 4.88. The molecule has 156 valence electrons. The monoisotopic (exact) mass is 432 g/mol. The van der Waals surface area contributed by atoms with E-state index in [0.717, 1.165) is 22.3 Å². The molecule has 2 amide bonds. The number of fused-ring (bicyclic) bond motifs is 1. The molecule has 0 bridgehead atoms. The fourth-order valence-corrected chi connectivity index (χ4v) is 3.41. The Morgan fingerprint density at radius 1 is 0.968 bits per heavy atom. The van der Waals surface area contributed by atoms with Gasteiger partial charge in [-0.2, -0.15) is 0 Å². The van der Waals surface area contributed by atoms with Crippen LogP contribution in [0.1, 0.15) is 21.7 Å². The van der Waals surface area contributed by atoms with Gasteiger partial charge in [0, 0.05) is 16.3 Å². The van der Waals surface area contributed by atoms with Crippen molar-refractivity contribution >= 4 is 40.1 Å². The van der Waals surface area contributed by atoms with Gasteiger partial charge >= 0.3 is 0 Å². The van der Waals surface area contributed by atoms with Crippen molar-refractivity contribution in [3.05, 3.63) is 94.8 Å². The number of para-hydroxylation sites is 2. The number of aryl methyl sites for hydroxylation is 1. The molecule has 4 rings (SSSR count). The van der Waals surface area contributed by atoms with Crippen LogP contribution in [0.5, 0.6) is 0 Å². The number of hydrogen-bond acceptors (Lipinski definition) is 3. The van der Waals surface area contributed by atoms with Crippen LogP contribution in [0.3, 0.4) is 0 Å². The van der Waals surface area contributed by atoms with E-state index < -0.39 is 0 Å². The number of benzene rings is 3. The molecule has 0 spiro atoms. The molecule has 1 aromatic heterocycles. The summed E-state index contributed by atoms with van der Waals surface area (Å²) >= 11 is 5.89. The molecule has 31 heavy (non-hydrogen) atoms. The third-order valence-corrected chi connectivity index (χ3v) is 5.14. The summed E-state index contributed by atoms with van der Waals surface area (Å²) in [6.07, 6.45) is 0. The number of hydrogen-bond donors (Lipinski definition) is 2. The molecule has 2 N–H and O–H groups in total. The van der Waals surface area contributed by atoms with E-state index in [1.54, 1.807) is 24.3 Å². The average Bonchev–Trinajstić information content (AvgIpc) is 3.11. The maximum Gasteiger partial charge on any atom is 0.251 e. The molecule has 0 fully saturated rings. The fourth-order valence-electron chi connectivity index (χ4n) is 3.28. The first-order chi connectivity index (χ1) is 15.0. The molecule has 0 radical (unpaired) electrons. The van der Waals surface area contributed by atoms with Gasteiger partial charge in [-0.15, -0.1) is 0 Å². The van der Waals surface area contributed by atoms with E-state index in [4.69, 9.17) is 11.6 Å². The summed E-state index contributed by atoms with van der Waals surface area (Å²) in [4.78, 5) is 29.8. The smallest absolute Gasteiger partial charge is 0.251 e. The largest absolute Gasteiger partial charge is 0.345 e. The highest BCUT2D eigenvalue weighted by atomic mass is 35.5. The quantitative estimate of drug-likeness (QED) is 0.468. The zero-order chi connectivity index (χ0) is 21.8. The maximum atomic E-state index is 12.7. The second-order valence-electron chi connectivity index (χ2n) is 7.21. The van der Waals surface area contributed by atoms with E-state index >= 15 is 0 Å². The minimum atomic E-state index is -0.237. The number of halogens is 1. The lowest BCUT2D eigenvalue weighted by Gasteiger charge is -2.11. The van der Waals surface area contributed by atoms with Gasteiger partial charge in [0.1, 0.15) is 12.4 Å². The van der Waals surface area contributed by atoms with Crippen molar-refractivity contribution in [1.29, 1.82) is 0 Å². The Morgan fingerprint density at radius 3 is 2.42 bits per heavy atom. The standard InChI is InChI=1S/C24H21ClN4O2/c1-16-6-12-19(13-7-16)27-23(30)15-29-21-5-3-2-4-20(21)28-22(29)14-26-24(31)17-8-10-18(25)11-9-17/h2-13H,14-15H2,1H3,(H,26,31)(H,27,30). The molecular formula is C24H21ClN4O2. The lowest BCUT2D eigenvalue weighted by atomic mass is 10.2. The van der Waals surface area contributed by atoms with Crippen molar-refractivity contribution in [3.8, 4) is 0 Å². The Kier molecular flexibility index (Phi) is 6.00. The SMILES string of the molecule is Cc1ccc(NC(=O)Cn2c(CNC(=O)c3ccc(Cl)cc3)nc3ccccc32)cc1. The summed E-state index contributed by atoms with van der Waals surface area (Å²) in [5, 5.41) is 6.34. The van der Waals surface area contributed by atoms with Crippen LogP contribution in [0.4, 0.5) is 5.69 Å². The number of anilines is 1. The van der Waals surface area contributed by atoms with E-state index in [1.165, 1.54) is 0 Å². The third kappa shape index (κ3) is 4.92. The van der Waals surface area contributed by atoms with Crippen LogP contribution in [0.15, 0.2) is 72.8 Å². The number of nitrogens with one attached hydrogen (secondary N) is 2. The van der Waals surface area contributed by atoms with Crippen molar-refractivity contribution in [2.75, 3.05) is 5.32 Å². The number of amides is 2. The predicted molar refractivity (Wildman–Crippen MR) is 122 cm³/mol. The van der Waals surface area contributed by atoms with Gasteiger partial charge in [-0.25, -0.2) is 4.98 Å². The highest BCUT2D eigenvalue weighted by Gasteiger charge is 2.15. The van der Waals surface area contributed by atoms with E-state index in [2.05, 4.69) is 15.6 Å². The van der Waals surface area contributed by atoms with Crippen molar-refractivity contribution in [3.63, 3.8) is 0 Å². The minimum absolute atomic E-state index is 0.0839. The molecule has 0 saturated carbocycles. The predicted octanol–water partition coefficient (Wildman–Crippen LogP) is 4.57. The molecular weight excluding hydrogens is 412 g/mol. The first-order valence-electron chi connectivity index (χ1n) is 9.84. The van der Waals surface area contributed by atoms with Gasteiger partial charge in [-0.3, -0.25) is 9.59 Å². The summed E-state index contributed by atoms with van der Waals surface area (Å²) in [6, 6.07) is 21.9. The minimum Gasteiger partial charge on any atom is -0.345 e. The average molecular weight is 433 g/mol. The lowest BCUT2D eigenvalue weighted by molar-refractivity contribution is -0.116. The summed E-state index contributed by atoms with van der Waals surface area (Å²) in [5.41, 5.74) is 3.96. The van der Waals surface area contributed by atoms with E-state index in [9.17, 15) is 9.59 Å². The zero-order valence-corrected chi connectivity index (χ0v) is 17.7. The van der Waals surface area contributed by atoms with Gasteiger partial charge in [-0.05, 0) is 55.5 Å². The summed E-state index contributed by atoms with van der Waals surface area (Å²) in [5.74, 6) is 0.194. The Morgan fingerprint density at radius 2 is 1.68 bits per heavy atom. The highest BCUT2D eigenvalue weighted by molar-refractivity contribution is 6.30. The van der Waals surface area contributed by atoms with Crippen molar-refractivity contribution < 1.29 is 9.59 Å². The van der Waals surface area contributed by atoms with Gasteiger partial charge < -0.3 is 15.2 Å². The van der Waals surface area contributed by atoms with Crippen LogP contribution in [-0.4, -0.2) is 21.4 Å². The number of carbonyl (C=O) groups is 2. The number of rotatable bonds is 6. The number of nitrogens with zero attached hydrogens (tertiary/aromatic N) is 2. The fraction of sp³-hybridized carbons (Fsp3) is 0.125. The van der Waals surface area contributed by atoms with Crippen molar-refractivity contribution in [2.45, 2.75) is 20.0 Å². The van der Waals surface area contributed by atoms with Crippen LogP contribution in [-0.2, 0) is 17.9 Å². The number of carbonyl (C=O) groups excluding carboxylic acids is 2. The van der Waals surface area contributed by atoms with Crippen LogP contribution >= 0.6 is 11.6 Å². The van der Waals surface area contributed by atoms with Crippen LogP contribution in [0.25, 0.3) is 11.0 Å². The normalized spacial score (nSPS) is 10.8. The van der Waals surface area contributed by atoms with Crippen LogP contribution in [0, 0.1) is 6.92 Å². The molecule has 3 aromatic carbocycles. The Balaban J connectivity index is 1.52. The molecule has 0 saturated heterocycles. The van der Waals surface area contributed by atoms with E-state index in [0.29, 0.717) is 16.4 Å². The molecule has 1 heterocycles. The topological polar surface area (TPSA) is 76.0 Å². The first kappa shape index (κ1) is 20.6. The molecule has 0 atom stereocenters. The van der Waals surface area contributed by atoms with Gasteiger partial charge in [0.15, 0.2) is 0 Å². The Labute approximate surface area is 184 Å². The highest BCUT2D eigenvalue weighted by Crippen LogP contribution is 2.17. The second-order valence-corrected chi connectivity index (χ2v) is 7.64. The number of imidazole rings is 1.